The fraction of sp³-hybridized carbons (Fsp3) is 0.857. The van der Waals surface area contributed by atoms with Crippen molar-refractivity contribution in [3.8, 4) is 0 Å². The van der Waals surface area contributed by atoms with E-state index in [4.69, 9.17) is 5.11 Å². The quantitative estimate of drug-likeness (QED) is 0.627. The minimum Gasteiger partial charge on any atom is -0.481 e. The second kappa shape index (κ2) is 8.15. The first-order valence-electron chi connectivity index (χ1n) is 6.88. The molecule has 0 aromatic rings. The van der Waals surface area contributed by atoms with Gasteiger partial charge in [0.2, 0.25) is 5.91 Å². The molecule has 0 aromatic heterocycles. The average Bonchev–Trinajstić information content (AvgIpc) is 2.22. The van der Waals surface area contributed by atoms with E-state index >= 15 is 0 Å². The molecule has 0 aliphatic heterocycles. The van der Waals surface area contributed by atoms with Crippen LogP contribution in [0.2, 0.25) is 0 Å². The summed E-state index contributed by atoms with van der Waals surface area (Å²) in [5, 5.41) is 14.9. The van der Waals surface area contributed by atoms with E-state index in [1.807, 2.05) is 34.6 Å². The normalized spacial score (nSPS) is 14.8. The van der Waals surface area contributed by atoms with E-state index < -0.39 is 5.97 Å². The minimum absolute atomic E-state index is 0.0156. The lowest BCUT2D eigenvalue weighted by molar-refractivity contribution is -0.138. The lowest BCUT2D eigenvalue weighted by atomic mass is 9.87. The van der Waals surface area contributed by atoms with Crippen LogP contribution in [0.1, 0.15) is 47.5 Å². The molecule has 2 atom stereocenters. The molecule has 112 valence electrons. The standard InChI is InChI=1S/C14H28N2O3/c1-6-15-9-10(2)13(19)16-11(7-12(17)18)8-14(3,4)5/h10-11,15H,6-9H2,1-5H3,(H,16,19)(H,17,18). The number of carboxylic acids is 1. The van der Waals surface area contributed by atoms with Crippen molar-refractivity contribution >= 4 is 11.9 Å². The zero-order valence-electron chi connectivity index (χ0n) is 12.7. The zero-order chi connectivity index (χ0) is 15.1. The van der Waals surface area contributed by atoms with E-state index in [0.717, 1.165) is 6.54 Å². The van der Waals surface area contributed by atoms with Crippen LogP contribution >= 0.6 is 0 Å². The van der Waals surface area contributed by atoms with Crippen LogP contribution in [0.25, 0.3) is 0 Å². The van der Waals surface area contributed by atoms with E-state index in [1.165, 1.54) is 0 Å². The third-order valence-corrected chi connectivity index (χ3v) is 2.77. The summed E-state index contributed by atoms with van der Waals surface area (Å²) in [7, 11) is 0. The highest BCUT2D eigenvalue weighted by Crippen LogP contribution is 2.22. The summed E-state index contributed by atoms with van der Waals surface area (Å²) in [6.07, 6.45) is 0.621. The van der Waals surface area contributed by atoms with Gasteiger partial charge in [-0.15, -0.1) is 0 Å². The minimum atomic E-state index is -0.881. The van der Waals surface area contributed by atoms with Crippen LogP contribution in [-0.2, 0) is 9.59 Å². The Balaban J connectivity index is 4.45. The molecule has 0 fully saturated rings. The molecule has 0 rings (SSSR count). The van der Waals surface area contributed by atoms with Crippen LogP contribution in [0.4, 0.5) is 0 Å². The van der Waals surface area contributed by atoms with Gasteiger partial charge in [0.1, 0.15) is 0 Å². The molecule has 0 aliphatic rings. The number of rotatable bonds is 8. The summed E-state index contributed by atoms with van der Waals surface area (Å²) in [5.41, 5.74) is -0.0156. The predicted molar refractivity (Wildman–Crippen MR) is 76.0 cm³/mol. The third kappa shape index (κ3) is 9.47. The monoisotopic (exact) mass is 272 g/mol. The van der Waals surface area contributed by atoms with E-state index in [2.05, 4.69) is 10.6 Å². The van der Waals surface area contributed by atoms with Gasteiger partial charge in [0.25, 0.3) is 0 Å². The lowest BCUT2D eigenvalue weighted by Gasteiger charge is -2.27. The average molecular weight is 272 g/mol. The molecule has 0 aliphatic carbocycles. The van der Waals surface area contributed by atoms with Crippen molar-refractivity contribution in [2.45, 2.75) is 53.5 Å². The molecule has 0 heterocycles. The van der Waals surface area contributed by atoms with Crippen molar-refractivity contribution in [1.82, 2.24) is 10.6 Å². The van der Waals surface area contributed by atoms with Crippen molar-refractivity contribution in [2.75, 3.05) is 13.1 Å². The van der Waals surface area contributed by atoms with Crippen LogP contribution < -0.4 is 10.6 Å². The largest absolute Gasteiger partial charge is 0.481 e. The zero-order valence-corrected chi connectivity index (χ0v) is 12.7. The summed E-state index contributed by atoms with van der Waals surface area (Å²) in [6.45, 7) is 11.4. The highest BCUT2D eigenvalue weighted by Gasteiger charge is 2.24. The second-order valence-electron chi connectivity index (χ2n) is 6.28. The smallest absolute Gasteiger partial charge is 0.305 e. The molecule has 0 saturated heterocycles. The Morgan fingerprint density at radius 1 is 1.26 bits per heavy atom. The summed E-state index contributed by atoms with van der Waals surface area (Å²) in [6, 6.07) is -0.311. The number of hydrogen-bond donors (Lipinski definition) is 3. The fourth-order valence-corrected chi connectivity index (χ4v) is 1.92. The maximum atomic E-state index is 12.0. The Morgan fingerprint density at radius 3 is 2.26 bits per heavy atom. The van der Waals surface area contributed by atoms with Gasteiger partial charge in [0.05, 0.1) is 6.42 Å². The van der Waals surface area contributed by atoms with Gasteiger partial charge < -0.3 is 15.7 Å². The molecule has 0 radical (unpaired) electrons. The van der Waals surface area contributed by atoms with Gasteiger partial charge in [-0.05, 0) is 18.4 Å². The number of aliphatic carboxylic acids is 1. The number of hydrogen-bond acceptors (Lipinski definition) is 3. The number of nitrogens with one attached hydrogen (secondary N) is 2. The first kappa shape index (κ1) is 17.9. The summed E-state index contributed by atoms with van der Waals surface area (Å²) < 4.78 is 0. The highest BCUT2D eigenvalue weighted by molar-refractivity contribution is 5.79. The van der Waals surface area contributed by atoms with Crippen LogP contribution in [0.3, 0.4) is 0 Å². The SMILES string of the molecule is CCNCC(C)C(=O)NC(CC(=O)O)CC(C)(C)C. The van der Waals surface area contributed by atoms with E-state index in [0.29, 0.717) is 13.0 Å². The van der Waals surface area contributed by atoms with Crippen molar-refractivity contribution in [2.24, 2.45) is 11.3 Å². The number of carbonyl (C=O) groups is 2. The summed E-state index contributed by atoms with van der Waals surface area (Å²) >= 11 is 0. The van der Waals surface area contributed by atoms with Crippen LogP contribution in [0.15, 0.2) is 0 Å². The van der Waals surface area contributed by atoms with Crippen LogP contribution in [0.5, 0.6) is 0 Å². The van der Waals surface area contributed by atoms with Gasteiger partial charge in [0, 0.05) is 18.5 Å². The molecule has 3 N–H and O–H groups in total. The van der Waals surface area contributed by atoms with Gasteiger partial charge in [-0.3, -0.25) is 9.59 Å². The molecular weight excluding hydrogens is 244 g/mol. The van der Waals surface area contributed by atoms with Gasteiger partial charge in [-0.25, -0.2) is 0 Å². The molecule has 2 unspecified atom stereocenters. The van der Waals surface area contributed by atoms with Gasteiger partial charge in [-0.1, -0.05) is 34.6 Å². The highest BCUT2D eigenvalue weighted by atomic mass is 16.4. The molecule has 1 amide bonds. The Kier molecular flexibility index (Phi) is 7.68. The molecule has 0 aromatic carbocycles. The Morgan fingerprint density at radius 2 is 1.84 bits per heavy atom. The molecule has 0 spiro atoms. The third-order valence-electron chi connectivity index (χ3n) is 2.77. The van der Waals surface area contributed by atoms with Gasteiger partial charge in [-0.2, -0.15) is 0 Å². The Labute approximate surface area is 116 Å². The van der Waals surface area contributed by atoms with E-state index in [9.17, 15) is 9.59 Å². The second-order valence-corrected chi connectivity index (χ2v) is 6.28. The van der Waals surface area contributed by atoms with Crippen molar-refractivity contribution in [1.29, 1.82) is 0 Å². The van der Waals surface area contributed by atoms with Crippen LogP contribution in [0, 0.1) is 11.3 Å². The van der Waals surface area contributed by atoms with Gasteiger partial charge >= 0.3 is 5.97 Å². The number of amides is 1. The van der Waals surface area contributed by atoms with Crippen LogP contribution in [-0.4, -0.2) is 36.1 Å². The first-order valence-corrected chi connectivity index (χ1v) is 6.88. The topological polar surface area (TPSA) is 78.4 Å². The Bertz CT molecular complexity index is 298. The van der Waals surface area contributed by atoms with E-state index in [-0.39, 0.29) is 29.7 Å². The maximum absolute atomic E-state index is 12.0. The molecule has 0 saturated carbocycles. The molecule has 5 heteroatoms. The number of carbonyl (C=O) groups excluding carboxylic acids is 1. The van der Waals surface area contributed by atoms with Crippen molar-refractivity contribution in [3.05, 3.63) is 0 Å². The van der Waals surface area contributed by atoms with E-state index in [1.54, 1.807) is 0 Å². The van der Waals surface area contributed by atoms with Crippen molar-refractivity contribution < 1.29 is 14.7 Å². The fourth-order valence-electron chi connectivity index (χ4n) is 1.92. The number of carboxylic acid groups (broad SMARTS) is 1. The molecule has 0 bridgehead atoms. The molecule has 5 nitrogen and oxygen atoms in total. The Hall–Kier alpha value is -1.10. The first-order chi connectivity index (χ1) is 8.65. The van der Waals surface area contributed by atoms with Crippen molar-refractivity contribution in [3.63, 3.8) is 0 Å². The maximum Gasteiger partial charge on any atom is 0.305 e. The summed E-state index contributed by atoms with van der Waals surface area (Å²) in [4.78, 5) is 22.8. The predicted octanol–water partition coefficient (Wildman–Crippen LogP) is 1.63. The molecular formula is C14H28N2O3. The summed E-state index contributed by atoms with van der Waals surface area (Å²) in [5.74, 6) is -1.12. The lowest BCUT2D eigenvalue weighted by Crippen LogP contribution is -2.43. The molecule has 19 heavy (non-hydrogen) atoms. The van der Waals surface area contributed by atoms with Gasteiger partial charge in [0.15, 0.2) is 0 Å².